The van der Waals surface area contributed by atoms with Gasteiger partial charge in [-0.15, -0.1) is 0 Å². The minimum Gasteiger partial charge on any atom is -0.374 e. The molecule has 0 N–H and O–H groups in total. The molecule has 5 nitrogen and oxygen atoms in total. The second kappa shape index (κ2) is 7.24. The third-order valence-electron chi connectivity index (χ3n) is 3.83. The Bertz CT molecular complexity index is 708. The third-order valence-corrected chi connectivity index (χ3v) is 3.83. The lowest BCUT2D eigenvalue weighted by Crippen LogP contribution is -2.24. The van der Waals surface area contributed by atoms with Gasteiger partial charge in [0, 0.05) is 32.3 Å². The first-order chi connectivity index (χ1) is 11.3. The van der Waals surface area contributed by atoms with Gasteiger partial charge in [-0.3, -0.25) is 0 Å². The zero-order valence-corrected chi connectivity index (χ0v) is 13.6. The molecule has 2 aromatic carbocycles. The Balaban J connectivity index is 1.71. The van der Waals surface area contributed by atoms with Gasteiger partial charge in [0.1, 0.15) is 11.0 Å². The van der Waals surface area contributed by atoms with E-state index in [4.69, 9.17) is 4.74 Å². The number of rotatable bonds is 7. The van der Waals surface area contributed by atoms with Crippen molar-refractivity contribution in [2.24, 2.45) is 0 Å². The number of hydrogen-bond acceptors (Lipinski definition) is 4. The van der Waals surface area contributed by atoms with Crippen molar-refractivity contribution in [2.75, 3.05) is 25.1 Å². The third kappa shape index (κ3) is 3.68. The summed E-state index contributed by atoms with van der Waals surface area (Å²) >= 11 is 0. The second-order valence-electron chi connectivity index (χ2n) is 5.46. The summed E-state index contributed by atoms with van der Waals surface area (Å²) in [6.07, 6.45) is 0.666. The van der Waals surface area contributed by atoms with E-state index >= 15 is 0 Å². The molecule has 0 aliphatic rings. The van der Waals surface area contributed by atoms with E-state index in [1.54, 1.807) is 4.80 Å². The van der Waals surface area contributed by atoms with Crippen LogP contribution >= 0.6 is 0 Å². The second-order valence-corrected chi connectivity index (χ2v) is 5.46. The summed E-state index contributed by atoms with van der Waals surface area (Å²) in [6, 6.07) is 18.2. The fourth-order valence-corrected chi connectivity index (χ4v) is 2.58. The van der Waals surface area contributed by atoms with E-state index < -0.39 is 0 Å². The van der Waals surface area contributed by atoms with E-state index in [1.807, 2.05) is 49.4 Å². The summed E-state index contributed by atoms with van der Waals surface area (Å²) in [5, 5.41) is 9.09. The Morgan fingerprint density at radius 2 is 1.61 bits per heavy atom. The van der Waals surface area contributed by atoms with E-state index in [1.165, 1.54) is 5.69 Å². The molecular weight excluding hydrogens is 288 g/mol. The number of aromatic nitrogens is 3. The number of anilines is 1. The maximum Gasteiger partial charge on any atom is 0.170 e. The van der Waals surface area contributed by atoms with Gasteiger partial charge in [-0.2, -0.15) is 15.0 Å². The lowest BCUT2D eigenvalue weighted by Gasteiger charge is -2.22. The van der Waals surface area contributed by atoms with Crippen LogP contribution in [0, 0.1) is 0 Å². The van der Waals surface area contributed by atoms with Gasteiger partial charge in [0.15, 0.2) is 6.23 Å². The van der Waals surface area contributed by atoms with Gasteiger partial charge < -0.3 is 9.64 Å². The fourth-order valence-electron chi connectivity index (χ4n) is 2.58. The van der Waals surface area contributed by atoms with Gasteiger partial charge in [0.2, 0.25) is 0 Å². The minimum absolute atomic E-state index is 0.154. The summed E-state index contributed by atoms with van der Waals surface area (Å²) < 4.78 is 5.86. The zero-order chi connectivity index (χ0) is 16.1. The van der Waals surface area contributed by atoms with Crippen LogP contribution < -0.4 is 4.90 Å². The molecule has 1 aromatic heterocycles. The number of ether oxygens (including phenoxy) is 1. The number of benzene rings is 2. The normalized spacial score (nSPS) is 12.4. The van der Waals surface area contributed by atoms with Gasteiger partial charge in [0.25, 0.3) is 0 Å². The van der Waals surface area contributed by atoms with E-state index in [-0.39, 0.29) is 6.23 Å². The quantitative estimate of drug-likeness (QED) is 0.670. The van der Waals surface area contributed by atoms with Gasteiger partial charge in [-0.25, -0.2) is 0 Å². The van der Waals surface area contributed by atoms with Gasteiger partial charge in [-0.1, -0.05) is 30.3 Å². The van der Waals surface area contributed by atoms with E-state index in [2.05, 4.69) is 34.3 Å². The van der Waals surface area contributed by atoms with Crippen molar-refractivity contribution in [2.45, 2.75) is 19.6 Å². The van der Waals surface area contributed by atoms with Crippen molar-refractivity contribution < 1.29 is 4.74 Å². The maximum absolute atomic E-state index is 5.86. The van der Waals surface area contributed by atoms with Crippen LogP contribution in [0.4, 0.5) is 5.69 Å². The van der Waals surface area contributed by atoms with Crippen LogP contribution in [0.1, 0.15) is 19.6 Å². The number of hydrogen-bond donors (Lipinski definition) is 0. The molecule has 0 bridgehead atoms. The van der Waals surface area contributed by atoms with Gasteiger partial charge in [-0.05, 0) is 31.2 Å². The van der Waals surface area contributed by atoms with Gasteiger partial charge in [0.05, 0.1) is 0 Å². The molecule has 0 spiro atoms. The van der Waals surface area contributed by atoms with Crippen molar-refractivity contribution in [3.05, 3.63) is 54.6 Å². The van der Waals surface area contributed by atoms with E-state index in [9.17, 15) is 0 Å². The van der Waals surface area contributed by atoms with Crippen LogP contribution in [0.25, 0.3) is 11.0 Å². The molecule has 120 valence electrons. The number of para-hydroxylation sites is 1. The predicted molar refractivity (Wildman–Crippen MR) is 92.5 cm³/mol. The number of nitrogens with zero attached hydrogens (tertiary/aromatic N) is 4. The molecular formula is C18H22N4O. The summed E-state index contributed by atoms with van der Waals surface area (Å²) in [5.74, 6) is 0. The fraction of sp³-hybridized carbons (Fsp3) is 0.333. The SMILES string of the molecule is CCOC(CCN(C)c1ccccc1)n1nc2ccccc2n1. The Morgan fingerprint density at radius 1 is 1.00 bits per heavy atom. The van der Waals surface area contributed by atoms with Crippen LogP contribution in [0.3, 0.4) is 0 Å². The molecule has 0 amide bonds. The van der Waals surface area contributed by atoms with Crippen LogP contribution in [0.2, 0.25) is 0 Å². The Kier molecular flexibility index (Phi) is 4.88. The monoisotopic (exact) mass is 310 g/mol. The highest BCUT2D eigenvalue weighted by atomic mass is 16.5. The number of fused-ring (bicyclic) bond motifs is 1. The maximum atomic E-state index is 5.86. The predicted octanol–water partition coefficient (Wildman–Crippen LogP) is 3.49. The largest absolute Gasteiger partial charge is 0.374 e. The molecule has 1 atom stereocenters. The van der Waals surface area contributed by atoms with Crippen LogP contribution in [-0.2, 0) is 4.74 Å². The summed E-state index contributed by atoms with van der Waals surface area (Å²) in [6.45, 7) is 3.50. The van der Waals surface area contributed by atoms with Crippen molar-refractivity contribution in [1.29, 1.82) is 0 Å². The molecule has 0 aliphatic heterocycles. The molecule has 0 radical (unpaired) electrons. The van der Waals surface area contributed by atoms with E-state index in [0.29, 0.717) is 6.61 Å². The Hall–Kier alpha value is -2.40. The molecule has 1 heterocycles. The molecule has 1 unspecified atom stereocenters. The summed E-state index contributed by atoms with van der Waals surface area (Å²) in [4.78, 5) is 3.92. The molecule has 0 saturated carbocycles. The van der Waals surface area contributed by atoms with E-state index in [0.717, 1.165) is 24.0 Å². The van der Waals surface area contributed by atoms with Crippen molar-refractivity contribution in [3.63, 3.8) is 0 Å². The Morgan fingerprint density at radius 3 is 2.22 bits per heavy atom. The first-order valence-corrected chi connectivity index (χ1v) is 7.97. The van der Waals surface area contributed by atoms with Crippen LogP contribution in [-0.4, -0.2) is 35.2 Å². The molecule has 0 aliphatic carbocycles. The van der Waals surface area contributed by atoms with Crippen molar-refractivity contribution >= 4 is 16.7 Å². The summed E-state index contributed by atoms with van der Waals surface area (Å²) in [7, 11) is 2.09. The highest BCUT2D eigenvalue weighted by Gasteiger charge is 2.15. The average molecular weight is 310 g/mol. The smallest absolute Gasteiger partial charge is 0.170 e. The molecule has 3 aromatic rings. The van der Waals surface area contributed by atoms with Crippen molar-refractivity contribution in [3.8, 4) is 0 Å². The topological polar surface area (TPSA) is 43.2 Å². The first kappa shape index (κ1) is 15.5. The molecule has 3 rings (SSSR count). The highest BCUT2D eigenvalue weighted by molar-refractivity contribution is 5.72. The molecule has 5 heteroatoms. The lowest BCUT2D eigenvalue weighted by atomic mass is 10.3. The molecule has 23 heavy (non-hydrogen) atoms. The zero-order valence-electron chi connectivity index (χ0n) is 13.6. The van der Waals surface area contributed by atoms with Gasteiger partial charge >= 0.3 is 0 Å². The van der Waals surface area contributed by atoms with Crippen molar-refractivity contribution in [1.82, 2.24) is 15.0 Å². The summed E-state index contributed by atoms with van der Waals surface area (Å²) in [5.41, 5.74) is 2.99. The first-order valence-electron chi connectivity index (χ1n) is 7.97. The molecule has 0 fully saturated rings. The standard InChI is InChI=1S/C18H22N4O/c1-3-23-18(13-14-21(2)15-9-5-4-6-10-15)22-19-16-11-7-8-12-17(16)20-22/h4-12,18H,3,13-14H2,1-2H3. The highest BCUT2D eigenvalue weighted by Crippen LogP contribution is 2.18. The lowest BCUT2D eigenvalue weighted by molar-refractivity contribution is -0.0121. The van der Waals surface area contributed by atoms with Crippen LogP contribution in [0.5, 0.6) is 0 Å². The minimum atomic E-state index is -0.154. The molecule has 0 saturated heterocycles. The van der Waals surface area contributed by atoms with Crippen LogP contribution in [0.15, 0.2) is 54.6 Å². The Labute approximate surface area is 136 Å². The average Bonchev–Trinajstić information content (AvgIpc) is 3.03.